The zero-order valence-corrected chi connectivity index (χ0v) is 19.4. The molecule has 8 heteroatoms. The van der Waals surface area contributed by atoms with Gasteiger partial charge in [-0.25, -0.2) is 13.8 Å². The highest BCUT2D eigenvalue weighted by atomic mass is 35.5. The molecule has 158 valence electrons. The fourth-order valence-electron chi connectivity index (χ4n) is 3.24. The molecule has 1 amide bonds. The molecule has 3 rings (SSSR count). The van der Waals surface area contributed by atoms with Crippen molar-refractivity contribution in [3.63, 3.8) is 0 Å². The zero-order valence-electron chi connectivity index (χ0n) is 17.0. The third kappa shape index (κ3) is 4.85. The van der Waals surface area contributed by atoms with Gasteiger partial charge < -0.3 is 0 Å². The number of carbonyl (C=O) groups excluding carboxylic acids is 1. The molecule has 0 aliphatic rings. The van der Waals surface area contributed by atoms with Crippen molar-refractivity contribution in [2.75, 3.05) is 4.90 Å². The molecule has 1 unspecified atom stereocenters. The molecule has 1 heterocycles. The molecule has 1 atom stereocenters. The first-order valence-electron chi connectivity index (χ1n) is 9.26. The van der Waals surface area contributed by atoms with Gasteiger partial charge in [-0.05, 0) is 50.1 Å². The summed E-state index contributed by atoms with van der Waals surface area (Å²) >= 11 is 9.15. The van der Waals surface area contributed by atoms with Crippen molar-refractivity contribution < 1.29 is 13.6 Å². The van der Waals surface area contributed by atoms with Crippen LogP contribution < -0.4 is 4.90 Å². The molecule has 0 saturated carbocycles. The highest BCUT2D eigenvalue weighted by Gasteiger charge is 2.23. The van der Waals surface area contributed by atoms with Crippen molar-refractivity contribution in [2.45, 2.75) is 38.7 Å². The lowest BCUT2D eigenvalue weighted by Crippen LogP contribution is -2.24. The van der Waals surface area contributed by atoms with Crippen molar-refractivity contribution >= 4 is 51.4 Å². The molecule has 30 heavy (non-hydrogen) atoms. The topological polar surface area (TPSA) is 33.2 Å². The number of aryl methyl sites for hydroxylation is 2. The summed E-state index contributed by atoms with van der Waals surface area (Å²) < 4.78 is 28.0. The molecule has 3 nitrogen and oxygen atoms in total. The standard InChI is InChI=1S/C22H21ClF2N2OS2/c1-12-8-13(2)21(17(23)9-12)27(15(4)28)22-26-16(11-30-22)10-29-14(3)20-18(24)6-5-7-19(20)25/h5-9,11,14H,10H2,1-4H3. The van der Waals surface area contributed by atoms with E-state index in [-0.39, 0.29) is 16.7 Å². The number of halogens is 3. The molecule has 0 saturated heterocycles. The third-order valence-electron chi connectivity index (χ3n) is 4.56. The van der Waals surface area contributed by atoms with Gasteiger partial charge in [0.25, 0.3) is 0 Å². The van der Waals surface area contributed by atoms with Crippen molar-refractivity contribution in [2.24, 2.45) is 0 Å². The van der Waals surface area contributed by atoms with Gasteiger partial charge in [0.15, 0.2) is 5.13 Å². The number of hydrogen-bond acceptors (Lipinski definition) is 4. The first kappa shape index (κ1) is 22.7. The number of thiazole rings is 1. The summed E-state index contributed by atoms with van der Waals surface area (Å²) in [5.41, 5.74) is 3.30. The normalized spacial score (nSPS) is 12.1. The van der Waals surface area contributed by atoms with E-state index >= 15 is 0 Å². The van der Waals surface area contributed by atoms with Gasteiger partial charge in [0.2, 0.25) is 5.91 Å². The number of amides is 1. The van der Waals surface area contributed by atoms with E-state index in [2.05, 4.69) is 4.98 Å². The Hall–Kier alpha value is -1.96. The smallest absolute Gasteiger partial charge is 0.230 e. The molecule has 0 bridgehead atoms. The fraction of sp³-hybridized carbons (Fsp3) is 0.273. The second-order valence-electron chi connectivity index (χ2n) is 6.98. The maximum Gasteiger partial charge on any atom is 0.230 e. The predicted molar refractivity (Wildman–Crippen MR) is 122 cm³/mol. The fourth-order valence-corrected chi connectivity index (χ4v) is 5.58. The van der Waals surface area contributed by atoms with Gasteiger partial charge in [-0.3, -0.25) is 9.69 Å². The number of aromatic nitrogens is 1. The van der Waals surface area contributed by atoms with E-state index < -0.39 is 11.6 Å². The lowest BCUT2D eigenvalue weighted by molar-refractivity contribution is -0.115. The minimum Gasteiger partial charge on any atom is -0.274 e. The number of benzene rings is 2. The van der Waals surface area contributed by atoms with Crippen molar-refractivity contribution in [3.05, 3.63) is 74.8 Å². The van der Waals surface area contributed by atoms with E-state index in [0.717, 1.165) is 16.8 Å². The molecular weight excluding hydrogens is 446 g/mol. The number of carbonyl (C=O) groups is 1. The maximum atomic E-state index is 14.0. The number of hydrogen-bond donors (Lipinski definition) is 0. The first-order chi connectivity index (χ1) is 14.2. The molecule has 0 fully saturated rings. The Balaban J connectivity index is 1.82. The van der Waals surface area contributed by atoms with E-state index in [4.69, 9.17) is 11.6 Å². The minimum atomic E-state index is -0.554. The molecule has 0 spiro atoms. The van der Waals surface area contributed by atoms with Crippen molar-refractivity contribution in [1.29, 1.82) is 0 Å². The van der Waals surface area contributed by atoms with Crippen LogP contribution in [0, 0.1) is 25.5 Å². The van der Waals surface area contributed by atoms with Crippen LogP contribution in [0.1, 0.15) is 41.5 Å². The minimum absolute atomic E-state index is 0.0605. The van der Waals surface area contributed by atoms with Gasteiger partial charge in [-0.1, -0.05) is 23.7 Å². The number of nitrogens with zero attached hydrogens (tertiary/aromatic N) is 2. The van der Waals surface area contributed by atoms with Crippen LogP contribution in [0.2, 0.25) is 5.02 Å². The van der Waals surface area contributed by atoms with E-state index in [1.807, 2.05) is 31.4 Å². The molecular formula is C22H21ClF2N2OS2. The van der Waals surface area contributed by atoms with E-state index in [9.17, 15) is 13.6 Å². The number of anilines is 2. The van der Waals surface area contributed by atoms with Crippen LogP contribution in [-0.2, 0) is 10.5 Å². The molecule has 1 aromatic heterocycles. The van der Waals surface area contributed by atoms with E-state index in [1.165, 1.54) is 53.1 Å². The first-order valence-corrected chi connectivity index (χ1v) is 11.6. The molecule has 0 radical (unpaired) electrons. The Morgan fingerprint density at radius 1 is 1.27 bits per heavy atom. The zero-order chi connectivity index (χ0) is 22.0. The van der Waals surface area contributed by atoms with Crippen molar-refractivity contribution in [3.8, 4) is 0 Å². The van der Waals surface area contributed by atoms with Crippen LogP contribution >= 0.6 is 34.7 Å². The molecule has 0 aliphatic carbocycles. The second kappa shape index (κ2) is 9.45. The molecule has 0 aliphatic heterocycles. The van der Waals surface area contributed by atoms with Crippen LogP contribution in [0.5, 0.6) is 0 Å². The number of thioether (sulfide) groups is 1. The summed E-state index contributed by atoms with van der Waals surface area (Å²) in [6, 6.07) is 7.65. The summed E-state index contributed by atoms with van der Waals surface area (Å²) in [5, 5.41) is 2.46. The molecule has 0 N–H and O–H groups in total. The van der Waals surface area contributed by atoms with Gasteiger partial charge in [0.1, 0.15) is 11.6 Å². The van der Waals surface area contributed by atoms with Crippen LogP contribution in [0.15, 0.2) is 35.7 Å². The lowest BCUT2D eigenvalue weighted by atomic mass is 10.1. The summed E-state index contributed by atoms with van der Waals surface area (Å²) in [4.78, 5) is 18.5. The third-order valence-corrected chi connectivity index (χ3v) is 6.92. The average Bonchev–Trinajstić information content (AvgIpc) is 3.10. The highest BCUT2D eigenvalue weighted by Crippen LogP contribution is 2.39. The van der Waals surface area contributed by atoms with Crippen LogP contribution in [-0.4, -0.2) is 10.9 Å². The van der Waals surface area contributed by atoms with Gasteiger partial charge in [0.05, 0.1) is 16.4 Å². The SMILES string of the molecule is CC(=O)N(c1nc(CSC(C)c2c(F)cccc2F)cs1)c1c(C)cc(C)cc1Cl. The Morgan fingerprint density at radius 2 is 1.93 bits per heavy atom. The summed E-state index contributed by atoms with van der Waals surface area (Å²) in [5.74, 6) is -0.848. The Kier molecular flexibility index (Phi) is 7.16. The second-order valence-corrected chi connectivity index (χ2v) is 9.55. The Labute approximate surface area is 188 Å². The van der Waals surface area contributed by atoms with Crippen LogP contribution in [0.3, 0.4) is 0 Å². The van der Waals surface area contributed by atoms with Crippen LogP contribution in [0.4, 0.5) is 19.6 Å². The number of rotatable bonds is 6. The monoisotopic (exact) mass is 466 g/mol. The van der Waals surface area contributed by atoms with Gasteiger partial charge in [-0.2, -0.15) is 0 Å². The lowest BCUT2D eigenvalue weighted by Gasteiger charge is -2.22. The van der Waals surface area contributed by atoms with E-state index in [0.29, 0.717) is 21.6 Å². The Morgan fingerprint density at radius 3 is 2.53 bits per heavy atom. The summed E-state index contributed by atoms with van der Waals surface area (Å²) in [7, 11) is 0. The summed E-state index contributed by atoms with van der Waals surface area (Å²) in [6.07, 6.45) is 0. The van der Waals surface area contributed by atoms with Gasteiger partial charge >= 0.3 is 0 Å². The largest absolute Gasteiger partial charge is 0.274 e. The molecule has 3 aromatic rings. The average molecular weight is 467 g/mol. The van der Waals surface area contributed by atoms with Crippen LogP contribution in [0.25, 0.3) is 0 Å². The Bertz CT molecular complexity index is 1040. The summed E-state index contributed by atoms with van der Waals surface area (Å²) in [6.45, 7) is 7.07. The van der Waals surface area contributed by atoms with Gasteiger partial charge in [0, 0.05) is 28.9 Å². The van der Waals surface area contributed by atoms with E-state index in [1.54, 1.807) is 6.92 Å². The quantitative estimate of drug-likeness (QED) is 0.380. The van der Waals surface area contributed by atoms with Crippen molar-refractivity contribution in [1.82, 2.24) is 4.98 Å². The maximum absolute atomic E-state index is 14.0. The predicted octanol–water partition coefficient (Wildman–Crippen LogP) is 7.37. The van der Waals surface area contributed by atoms with Gasteiger partial charge in [-0.15, -0.1) is 23.1 Å². The highest BCUT2D eigenvalue weighted by molar-refractivity contribution is 7.98. The molecule has 2 aromatic carbocycles.